The second kappa shape index (κ2) is 4.13. The molecule has 1 aromatic heterocycles. The number of likely N-dealkylation sites (N-methyl/N-ethyl adjacent to an activating group) is 1. The standard InChI is InChI=1S/C11H19N3/c1-3-6-14-11-5-7-13(4-2)9-10(11)8-12-14/h8H,3-7,9H2,1-2H3. The highest BCUT2D eigenvalue weighted by Crippen LogP contribution is 2.18. The Morgan fingerprint density at radius 2 is 2.29 bits per heavy atom. The molecule has 1 aromatic rings. The summed E-state index contributed by atoms with van der Waals surface area (Å²) < 4.78 is 2.18. The van der Waals surface area contributed by atoms with E-state index in [0.29, 0.717) is 0 Å². The lowest BCUT2D eigenvalue weighted by molar-refractivity contribution is 0.264. The van der Waals surface area contributed by atoms with Gasteiger partial charge in [-0.1, -0.05) is 13.8 Å². The molecule has 0 unspecified atom stereocenters. The normalized spacial score (nSPS) is 17.0. The number of hydrogen-bond donors (Lipinski definition) is 0. The molecule has 0 amide bonds. The second-order valence-electron chi connectivity index (χ2n) is 3.96. The summed E-state index contributed by atoms with van der Waals surface area (Å²) in [6.07, 6.45) is 4.39. The fourth-order valence-corrected chi connectivity index (χ4v) is 2.13. The van der Waals surface area contributed by atoms with Gasteiger partial charge in [-0.05, 0) is 13.0 Å². The van der Waals surface area contributed by atoms with Gasteiger partial charge in [0.05, 0.1) is 6.20 Å². The van der Waals surface area contributed by atoms with Crippen LogP contribution in [0, 0.1) is 0 Å². The third-order valence-corrected chi connectivity index (χ3v) is 2.98. The minimum absolute atomic E-state index is 1.07. The minimum Gasteiger partial charge on any atom is -0.299 e. The quantitative estimate of drug-likeness (QED) is 0.728. The monoisotopic (exact) mass is 193 g/mol. The van der Waals surface area contributed by atoms with Crippen LogP contribution in [0.4, 0.5) is 0 Å². The lowest BCUT2D eigenvalue weighted by Crippen LogP contribution is -2.30. The van der Waals surface area contributed by atoms with Gasteiger partial charge in [-0.15, -0.1) is 0 Å². The molecule has 1 aliphatic rings. The van der Waals surface area contributed by atoms with Crippen molar-refractivity contribution < 1.29 is 0 Å². The predicted molar refractivity (Wildman–Crippen MR) is 57.2 cm³/mol. The van der Waals surface area contributed by atoms with Crippen molar-refractivity contribution in [1.29, 1.82) is 0 Å². The molecule has 0 spiro atoms. The molecule has 0 saturated heterocycles. The van der Waals surface area contributed by atoms with Crippen molar-refractivity contribution in [2.24, 2.45) is 0 Å². The topological polar surface area (TPSA) is 21.1 Å². The van der Waals surface area contributed by atoms with Gasteiger partial charge in [-0.25, -0.2) is 0 Å². The van der Waals surface area contributed by atoms with Crippen molar-refractivity contribution in [3.05, 3.63) is 17.5 Å². The maximum Gasteiger partial charge on any atom is 0.0537 e. The molecule has 0 saturated carbocycles. The van der Waals surface area contributed by atoms with Crippen molar-refractivity contribution in [2.75, 3.05) is 13.1 Å². The zero-order valence-electron chi connectivity index (χ0n) is 9.16. The first kappa shape index (κ1) is 9.71. The molecule has 0 atom stereocenters. The van der Waals surface area contributed by atoms with E-state index in [4.69, 9.17) is 0 Å². The molecular weight excluding hydrogens is 174 g/mol. The first-order valence-corrected chi connectivity index (χ1v) is 5.61. The van der Waals surface area contributed by atoms with Crippen molar-refractivity contribution >= 4 is 0 Å². The van der Waals surface area contributed by atoms with Gasteiger partial charge >= 0.3 is 0 Å². The molecule has 0 fully saturated rings. The molecule has 78 valence electrons. The van der Waals surface area contributed by atoms with Gasteiger partial charge in [-0.3, -0.25) is 9.58 Å². The highest BCUT2D eigenvalue weighted by atomic mass is 15.3. The van der Waals surface area contributed by atoms with Crippen LogP contribution in [-0.2, 0) is 19.5 Å². The predicted octanol–water partition coefficient (Wildman–Crippen LogP) is 1.67. The molecule has 2 heterocycles. The van der Waals surface area contributed by atoms with Crippen molar-refractivity contribution in [1.82, 2.24) is 14.7 Å². The van der Waals surface area contributed by atoms with Crippen LogP contribution in [0.5, 0.6) is 0 Å². The summed E-state index contributed by atoms with van der Waals surface area (Å²) in [5, 5.41) is 4.45. The highest BCUT2D eigenvalue weighted by molar-refractivity contribution is 5.20. The second-order valence-corrected chi connectivity index (χ2v) is 3.96. The Kier molecular flexibility index (Phi) is 2.87. The van der Waals surface area contributed by atoms with Crippen molar-refractivity contribution in [3.8, 4) is 0 Å². The van der Waals surface area contributed by atoms with Gasteiger partial charge in [0.15, 0.2) is 0 Å². The van der Waals surface area contributed by atoms with Crippen LogP contribution in [-0.4, -0.2) is 27.8 Å². The van der Waals surface area contributed by atoms with Crippen LogP contribution < -0.4 is 0 Å². The van der Waals surface area contributed by atoms with E-state index in [1.165, 1.54) is 30.6 Å². The Balaban J connectivity index is 2.16. The van der Waals surface area contributed by atoms with E-state index in [1.54, 1.807) is 0 Å². The number of hydrogen-bond acceptors (Lipinski definition) is 2. The van der Waals surface area contributed by atoms with E-state index in [-0.39, 0.29) is 0 Å². The van der Waals surface area contributed by atoms with Crippen molar-refractivity contribution in [2.45, 2.75) is 39.8 Å². The summed E-state index contributed by atoms with van der Waals surface area (Å²) in [5.41, 5.74) is 2.91. The Hall–Kier alpha value is -0.830. The highest BCUT2D eigenvalue weighted by Gasteiger charge is 2.18. The zero-order chi connectivity index (χ0) is 9.97. The van der Waals surface area contributed by atoms with Crippen LogP contribution in [0.3, 0.4) is 0 Å². The lowest BCUT2D eigenvalue weighted by atomic mass is 10.1. The van der Waals surface area contributed by atoms with E-state index in [0.717, 1.165) is 19.6 Å². The number of fused-ring (bicyclic) bond motifs is 1. The molecule has 3 nitrogen and oxygen atoms in total. The Labute approximate surface area is 85.7 Å². The average molecular weight is 193 g/mol. The molecule has 1 aliphatic heterocycles. The summed E-state index contributed by atoms with van der Waals surface area (Å²) in [6.45, 7) is 8.94. The molecule has 3 heteroatoms. The Morgan fingerprint density at radius 3 is 3.00 bits per heavy atom. The minimum atomic E-state index is 1.07. The van der Waals surface area contributed by atoms with Crippen LogP contribution in [0.25, 0.3) is 0 Å². The molecule has 0 bridgehead atoms. The van der Waals surface area contributed by atoms with Crippen LogP contribution in [0.2, 0.25) is 0 Å². The summed E-state index contributed by atoms with van der Waals surface area (Å²) in [6, 6.07) is 0. The fourth-order valence-electron chi connectivity index (χ4n) is 2.13. The van der Waals surface area contributed by atoms with Crippen LogP contribution in [0.15, 0.2) is 6.20 Å². The first-order chi connectivity index (χ1) is 6.85. The lowest BCUT2D eigenvalue weighted by Gasteiger charge is -2.25. The third kappa shape index (κ3) is 1.69. The number of nitrogens with zero attached hydrogens (tertiary/aromatic N) is 3. The molecule has 0 aliphatic carbocycles. The fraction of sp³-hybridized carbons (Fsp3) is 0.727. The molecule has 0 radical (unpaired) electrons. The average Bonchev–Trinajstić information content (AvgIpc) is 2.61. The van der Waals surface area contributed by atoms with E-state index < -0.39 is 0 Å². The van der Waals surface area contributed by atoms with Gasteiger partial charge < -0.3 is 0 Å². The molecule has 0 N–H and O–H groups in total. The van der Waals surface area contributed by atoms with E-state index in [9.17, 15) is 0 Å². The number of aryl methyl sites for hydroxylation is 1. The molecule has 0 aromatic carbocycles. The van der Waals surface area contributed by atoms with Gasteiger partial charge in [0.25, 0.3) is 0 Å². The van der Waals surface area contributed by atoms with Gasteiger partial charge in [0.2, 0.25) is 0 Å². The SMILES string of the molecule is CCCn1ncc2c1CCN(CC)C2. The summed E-state index contributed by atoms with van der Waals surface area (Å²) in [4.78, 5) is 2.47. The summed E-state index contributed by atoms with van der Waals surface area (Å²) >= 11 is 0. The van der Waals surface area contributed by atoms with Gasteiger partial charge in [0, 0.05) is 37.3 Å². The molecular formula is C11H19N3. The summed E-state index contributed by atoms with van der Waals surface area (Å²) in [7, 11) is 0. The molecule has 2 rings (SSSR count). The van der Waals surface area contributed by atoms with Gasteiger partial charge in [-0.2, -0.15) is 5.10 Å². The third-order valence-electron chi connectivity index (χ3n) is 2.98. The first-order valence-electron chi connectivity index (χ1n) is 5.61. The largest absolute Gasteiger partial charge is 0.299 e. The van der Waals surface area contributed by atoms with E-state index in [1.807, 2.05) is 6.20 Å². The number of aromatic nitrogens is 2. The van der Waals surface area contributed by atoms with Crippen molar-refractivity contribution in [3.63, 3.8) is 0 Å². The number of rotatable bonds is 3. The smallest absolute Gasteiger partial charge is 0.0537 e. The maximum absolute atomic E-state index is 4.45. The maximum atomic E-state index is 4.45. The Morgan fingerprint density at radius 1 is 1.43 bits per heavy atom. The van der Waals surface area contributed by atoms with E-state index in [2.05, 4.69) is 28.5 Å². The molecule has 14 heavy (non-hydrogen) atoms. The summed E-state index contributed by atoms with van der Waals surface area (Å²) in [5.74, 6) is 0. The van der Waals surface area contributed by atoms with Crippen LogP contribution >= 0.6 is 0 Å². The Bertz CT molecular complexity index is 303. The van der Waals surface area contributed by atoms with E-state index >= 15 is 0 Å². The van der Waals surface area contributed by atoms with Gasteiger partial charge in [0.1, 0.15) is 0 Å². The zero-order valence-corrected chi connectivity index (χ0v) is 9.16. The van der Waals surface area contributed by atoms with Crippen LogP contribution in [0.1, 0.15) is 31.5 Å².